The molecule has 0 heterocycles. The van der Waals surface area contributed by atoms with E-state index in [9.17, 15) is 13.2 Å². The fourth-order valence-corrected chi connectivity index (χ4v) is 3.26. The van der Waals surface area contributed by atoms with E-state index in [4.69, 9.17) is 16.3 Å². The molecule has 1 N–H and O–H groups in total. The third-order valence-corrected chi connectivity index (χ3v) is 4.83. The number of halogens is 1. The summed E-state index contributed by atoms with van der Waals surface area (Å²) in [7, 11) is -3.63. The number of ether oxygens (including phenoxy) is 1. The van der Waals surface area contributed by atoms with Crippen LogP contribution in [0.25, 0.3) is 0 Å². The van der Waals surface area contributed by atoms with E-state index in [0.717, 1.165) is 0 Å². The molecule has 0 bridgehead atoms. The van der Waals surface area contributed by atoms with Gasteiger partial charge in [-0.15, -0.1) is 0 Å². The van der Waals surface area contributed by atoms with Crippen LogP contribution in [0.4, 0.5) is 0 Å². The minimum Gasteiger partial charge on any atom is -0.423 e. The van der Waals surface area contributed by atoms with Crippen LogP contribution in [0.15, 0.2) is 47.4 Å². The van der Waals surface area contributed by atoms with Crippen molar-refractivity contribution in [3.05, 3.63) is 58.6 Å². The van der Waals surface area contributed by atoms with E-state index in [1.54, 1.807) is 32.0 Å². The Balaban J connectivity index is 2.27. The summed E-state index contributed by atoms with van der Waals surface area (Å²) in [6.45, 7) is 3.71. The maximum atomic E-state index is 12.2. The minimum absolute atomic E-state index is 0.0154. The number of rotatable bonds is 5. The van der Waals surface area contributed by atoms with Gasteiger partial charge in [0.05, 0.1) is 10.5 Å². The molecule has 0 fully saturated rings. The van der Waals surface area contributed by atoms with Gasteiger partial charge in [-0.3, -0.25) is 0 Å². The minimum atomic E-state index is -3.63. The molecule has 5 nitrogen and oxygen atoms in total. The van der Waals surface area contributed by atoms with E-state index in [1.165, 1.54) is 24.3 Å². The van der Waals surface area contributed by atoms with Crippen molar-refractivity contribution in [2.24, 2.45) is 0 Å². The number of hydrogen-bond acceptors (Lipinski definition) is 4. The Labute approximate surface area is 140 Å². The van der Waals surface area contributed by atoms with Crippen LogP contribution < -0.4 is 9.46 Å². The number of carbonyl (C=O) groups excluding carboxylic acids is 1. The van der Waals surface area contributed by atoms with Gasteiger partial charge in [0, 0.05) is 11.6 Å². The quantitative estimate of drug-likeness (QED) is 0.662. The summed E-state index contributed by atoms with van der Waals surface area (Å²) in [6, 6.07) is 10.6. The first kappa shape index (κ1) is 17.5. The van der Waals surface area contributed by atoms with Crippen LogP contribution >= 0.6 is 11.6 Å². The number of aryl methyl sites for hydroxylation is 1. The van der Waals surface area contributed by atoms with Gasteiger partial charge >= 0.3 is 5.97 Å². The van der Waals surface area contributed by atoms with Crippen molar-refractivity contribution in [2.45, 2.75) is 18.7 Å². The standard InChI is InChI=1S/C16H16ClNO4S/c1-3-18-23(20,21)14-6-4-5-12(10-14)16(19)22-15-8-7-13(17)9-11(15)2/h4-10,18H,3H2,1-2H3. The van der Waals surface area contributed by atoms with Crippen LogP contribution in [0.5, 0.6) is 5.75 Å². The van der Waals surface area contributed by atoms with Gasteiger partial charge in [0.15, 0.2) is 0 Å². The molecule has 23 heavy (non-hydrogen) atoms. The number of carbonyl (C=O) groups is 1. The Morgan fingerprint density at radius 3 is 2.61 bits per heavy atom. The molecule has 0 spiro atoms. The van der Waals surface area contributed by atoms with Crippen molar-refractivity contribution in [1.29, 1.82) is 0 Å². The number of sulfonamides is 1. The summed E-state index contributed by atoms with van der Waals surface area (Å²) in [5.41, 5.74) is 0.862. The molecule has 0 aliphatic carbocycles. The lowest BCUT2D eigenvalue weighted by molar-refractivity contribution is 0.0733. The first-order valence-corrected chi connectivity index (χ1v) is 8.77. The van der Waals surface area contributed by atoms with Gasteiger partial charge in [-0.1, -0.05) is 24.6 Å². The second kappa shape index (κ2) is 7.12. The summed E-state index contributed by atoms with van der Waals surface area (Å²) in [5.74, 6) is -0.261. The molecule has 2 rings (SSSR count). The van der Waals surface area contributed by atoms with E-state index < -0.39 is 16.0 Å². The molecule has 0 aromatic heterocycles. The van der Waals surface area contributed by atoms with Crippen molar-refractivity contribution in [2.75, 3.05) is 6.54 Å². The molecule has 0 amide bonds. The van der Waals surface area contributed by atoms with Gasteiger partial charge < -0.3 is 4.74 Å². The number of hydrogen-bond donors (Lipinski definition) is 1. The molecule has 2 aromatic carbocycles. The normalized spacial score (nSPS) is 11.3. The zero-order valence-electron chi connectivity index (χ0n) is 12.7. The molecule has 0 atom stereocenters. The molecular formula is C16H16ClNO4S. The molecular weight excluding hydrogens is 338 g/mol. The van der Waals surface area contributed by atoms with Crippen molar-refractivity contribution < 1.29 is 17.9 Å². The summed E-state index contributed by atoms with van der Waals surface area (Å²) < 4.78 is 31.6. The molecule has 7 heteroatoms. The molecule has 122 valence electrons. The maximum Gasteiger partial charge on any atom is 0.343 e. The fourth-order valence-electron chi connectivity index (χ4n) is 1.95. The van der Waals surface area contributed by atoms with Gasteiger partial charge in [-0.05, 0) is 48.9 Å². The van der Waals surface area contributed by atoms with E-state index >= 15 is 0 Å². The monoisotopic (exact) mass is 353 g/mol. The first-order valence-electron chi connectivity index (χ1n) is 6.91. The molecule has 0 saturated heterocycles. The first-order chi connectivity index (χ1) is 10.8. The molecule has 2 aromatic rings. The molecule has 0 aliphatic heterocycles. The van der Waals surface area contributed by atoms with Crippen molar-refractivity contribution in [1.82, 2.24) is 4.72 Å². The van der Waals surface area contributed by atoms with Crippen LogP contribution in [-0.2, 0) is 10.0 Å². The van der Waals surface area contributed by atoms with E-state index in [0.29, 0.717) is 16.3 Å². The fraction of sp³-hybridized carbons (Fsp3) is 0.188. The number of benzene rings is 2. The largest absolute Gasteiger partial charge is 0.423 e. The number of nitrogens with one attached hydrogen (secondary N) is 1. The lowest BCUT2D eigenvalue weighted by atomic mass is 10.2. The summed E-state index contributed by atoms with van der Waals surface area (Å²) >= 11 is 5.86. The highest BCUT2D eigenvalue weighted by Crippen LogP contribution is 2.23. The second-order valence-electron chi connectivity index (χ2n) is 4.83. The van der Waals surface area contributed by atoms with Crippen molar-refractivity contribution >= 4 is 27.6 Å². The predicted molar refractivity (Wildman–Crippen MR) is 88.5 cm³/mol. The lowest BCUT2D eigenvalue weighted by Crippen LogP contribution is -2.23. The van der Waals surface area contributed by atoms with Crippen LogP contribution in [0.2, 0.25) is 5.02 Å². The third-order valence-electron chi connectivity index (χ3n) is 3.05. The Hall–Kier alpha value is -1.89. The Bertz CT molecular complexity index is 834. The van der Waals surface area contributed by atoms with Crippen LogP contribution in [0.1, 0.15) is 22.8 Å². The lowest BCUT2D eigenvalue weighted by Gasteiger charge is -2.09. The van der Waals surface area contributed by atoms with Gasteiger partial charge in [-0.2, -0.15) is 0 Å². The van der Waals surface area contributed by atoms with Crippen LogP contribution in [0.3, 0.4) is 0 Å². The highest BCUT2D eigenvalue weighted by atomic mass is 35.5. The molecule has 0 saturated carbocycles. The topological polar surface area (TPSA) is 72.5 Å². The highest BCUT2D eigenvalue weighted by Gasteiger charge is 2.16. The average Bonchev–Trinajstić information content (AvgIpc) is 2.50. The molecule has 0 radical (unpaired) electrons. The average molecular weight is 354 g/mol. The summed E-state index contributed by atoms with van der Waals surface area (Å²) in [4.78, 5) is 12.2. The van der Waals surface area contributed by atoms with E-state index in [-0.39, 0.29) is 17.0 Å². The zero-order valence-corrected chi connectivity index (χ0v) is 14.2. The zero-order chi connectivity index (χ0) is 17.0. The van der Waals surface area contributed by atoms with Crippen LogP contribution in [0, 0.1) is 6.92 Å². The van der Waals surface area contributed by atoms with E-state index in [2.05, 4.69) is 4.72 Å². The van der Waals surface area contributed by atoms with Gasteiger partial charge in [0.2, 0.25) is 10.0 Å². The van der Waals surface area contributed by atoms with Gasteiger partial charge in [0.1, 0.15) is 5.75 Å². The van der Waals surface area contributed by atoms with Crippen molar-refractivity contribution in [3.63, 3.8) is 0 Å². The predicted octanol–water partition coefficient (Wildman–Crippen LogP) is 3.17. The summed E-state index contributed by atoms with van der Waals surface area (Å²) in [5, 5.41) is 0.543. The number of esters is 1. The Morgan fingerprint density at radius 1 is 1.22 bits per heavy atom. The smallest absolute Gasteiger partial charge is 0.343 e. The van der Waals surface area contributed by atoms with Gasteiger partial charge in [-0.25, -0.2) is 17.9 Å². The SMILES string of the molecule is CCNS(=O)(=O)c1cccc(C(=O)Oc2ccc(Cl)cc2C)c1. The highest BCUT2D eigenvalue weighted by molar-refractivity contribution is 7.89. The van der Waals surface area contributed by atoms with E-state index in [1.807, 2.05) is 0 Å². The maximum absolute atomic E-state index is 12.2. The van der Waals surface area contributed by atoms with Crippen molar-refractivity contribution in [3.8, 4) is 5.75 Å². The Morgan fingerprint density at radius 2 is 1.96 bits per heavy atom. The molecule has 0 aliphatic rings. The second-order valence-corrected chi connectivity index (χ2v) is 7.03. The third kappa shape index (κ3) is 4.31. The van der Waals surface area contributed by atoms with Crippen LogP contribution in [-0.4, -0.2) is 20.9 Å². The Kier molecular flexibility index (Phi) is 5.41. The van der Waals surface area contributed by atoms with Gasteiger partial charge in [0.25, 0.3) is 0 Å². The molecule has 0 unspecified atom stereocenters. The summed E-state index contributed by atoms with van der Waals surface area (Å²) in [6.07, 6.45) is 0.